The SMILES string of the molecule is CCCCOC(=O)NCC(C)(C)CCOCc1cc(Br)ccc1F. The number of halogens is 2. The van der Waals surface area contributed by atoms with Crippen molar-refractivity contribution in [2.24, 2.45) is 5.41 Å². The summed E-state index contributed by atoms with van der Waals surface area (Å²) in [6, 6.07) is 4.79. The molecule has 0 bridgehead atoms. The van der Waals surface area contributed by atoms with E-state index in [9.17, 15) is 9.18 Å². The van der Waals surface area contributed by atoms with E-state index in [2.05, 4.69) is 21.2 Å². The topological polar surface area (TPSA) is 47.6 Å². The minimum Gasteiger partial charge on any atom is -0.450 e. The van der Waals surface area contributed by atoms with E-state index in [-0.39, 0.29) is 23.9 Å². The van der Waals surface area contributed by atoms with E-state index in [0.717, 1.165) is 23.7 Å². The van der Waals surface area contributed by atoms with Crippen LogP contribution >= 0.6 is 15.9 Å². The lowest BCUT2D eigenvalue weighted by Gasteiger charge is -2.24. The van der Waals surface area contributed by atoms with Crippen LogP contribution in [0.25, 0.3) is 0 Å². The Hall–Kier alpha value is -1.14. The first-order valence-electron chi connectivity index (χ1n) is 8.26. The summed E-state index contributed by atoms with van der Waals surface area (Å²) in [5.41, 5.74) is 0.402. The van der Waals surface area contributed by atoms with Crippen molar-refractivity contribution < 1.29 is 18.7 Å². The summed E-state index contributed by atoms with van der Waals surface area (Å²) in [4.78, 5) is 11.5. The average Bonchev–Trinajstić information content (AvgIpc) is 2.53. The largest absolute Gasteiger partial charge is 0.450 e. The summed E-state index contributed by atoms with van der Waals surface area (Å²) in [5.74, 6) is -0.269. The lowest BCUT2D eigenvalue weighted by atomic mass is 9.90. The molecule has 4 nitrogen and oxygen atoms in total. The lowest BCUT2D eigenvalue weighted by molar-refractivity contribution is 0.0879. The monoisotopic (exact) mass is 403 g/mol. The fourth-order valence-electron chi connectivity index (χ4n) is 1.94. The molecular weight excluding hydrogens is 377 g/mol. The molecule has 0 heterocycles. The molecule has 1 N–H and O–H groups in total. The molecule has 1 aromatic rings. The Bertz CT molecular complexity index is 523. The van der Waals surface area contributed by atoms with Crippen molar-refractivity contribution >= 4 is 22.0 Å². The number of benzene rings is 1. The smallest absolute Gasteiger partial charge is 0.407 e. The van der Waals surface area contributed by atoms with Gasteiger partial charge in [0.2, 0.25) is 0 Å². The van der Waals surface area contributed by atoms with Crippen molar-refractivity contribution in [1.82, 2.24) is 5.32 Å². The molecule has 0 aliphatic rings. The van der Waals surface area contributed by atoms with E-state index in [4.69, 9.17) is 9.47 Å². The fraction of sp³-hybridized carbons (Fsp3) is 0.611. The zero-order valence-corrected chi connectivity index (χ0v) is 16.2. The highest BCUT2D eigenvalue weighted by atomic mass is 79.9. The predicted octanol–water partition coefficient (Wildman–Crippen LogP) is 5.05. The number of amides is 1. The van der Waals surface area contributed by atoms with Gasteiger partial charge in [-0.3, -0.25) is 0 Å². The lowest BCUT2D eigenvalue weighted by Crippen LogP contribution is -2.35. The maximum absolute atomic E-state index is 13.6. The summed E-state index contributed by atoms with van der Waals surface area (Å²) in [6.07, 6.45) is 2.23. The van der Waals surface area contributed by atoms with Crippen LogP contribution in [0.3, 0.4) is 0 Å². The Balaban J connectivity index is 2.25. The minimum atomic E-state index is -0.381. The summed E-state index contributed by atoms with van der Waals surface area (Å²) in [5, 5.41) is 2.77. The van der Waals surface area contributed by atoms with Gasteiger partial charge in [0.05, 0.1) is 13.2 Å². The fourth-order valence-corrected chi connectivity index (χ4v) is 2.35. The first kappa shape index (κ1) is 20.9. The van der Waals surface area contributed by atoms with Crippen LogP contribution in [0.2, 0.25) is 0 Å². The normalized spacial score (nSPS) is 11.4. The molecular formula is C18H27BrFNO3. The number of carbonyl (C=O) groups is 1. The van der Waals surface area contributed by atoms with Gasteiger partial charge in [-0.25, -0.2) is 9.18 Å². The third kappa shape index (κ3) is 8.64. The molecule has 0 spiro atoms. The highest BCUT2D eigenvalue weighted by Crippen LogP contribution is 2.20. The van der Waals surface area contributed by atoms with Gasteiger partial charge in [-0.15, -0.1) is 0 Å². The van der Waals surface area contributed by atoms with Crippen LogP contribution in [0.1, 0.15) is 45.6 Å². The van der Waals surface area contributed by atoms with Gasteiger partial charge in [-0.1, -0.05) is 43.1 Å². The Morgan fingerprint density at radius 2 is 2.08 bits per heavy atom. The molecule has 0 unspecified atom stereocenters. The van der Waals surface area contributed by atoms with Gasteiger partial charge in [0.15, 0.2) is 0 Å². The molecule has 0 fully saturated rings. The number of carbonyl (C=O) groups excluding carboxylic acids is 1. The predicted molar refractivity (Wildman–Crippen MR) is 96.4 cm³/mol. The van der Waals surface area contributed by atoms with Gasteiger partial charge in [0.1, 0.15) is 5.82 Å². The Labute approximate surface area is 152 Å². The van der Waals surface area contributed by atoms with E-state index >= 15 is 0 Å². The standard InChI is InChI=1S/C18H27BrFNO3/c1-4-5-9-24-17(22)21-13-18(2,3)8-10-23-12-14-11-15(19)6-7-16(14)20/h6-7,11H,4-5,8-10,12-13H2,1-3H3,(H,21,22). The maximum atomic E-state index is 13.6. The maximum Gasteiger partial charge on any atom is 0.407 e. The van der Waals surface area contributed by atoms with Crippen LogP contribution in [0.4, 0.5) is 9.18 Å². The number of alkyl carbamates (subject to hydrolysis) is 1. The summed E-state index contributed by atoms with van der Waals surface area (Å²) in [7, 11) is 0. The molecule has 0 aliphatic carbocycles. The third-order valence-corrected chi connectivity index (χ3v) is 4.12. The molecule has 0 saturated heterocycles. The van der Waals surface area contributed by atoms with Crippen LogP contribution < -0.4 is 5.32 Å². The first-order chi connectivity index (χ1) is 11.3. The number of hydrogen-bond donors (Lipinski definition) is 1. The minimum absolute atomic E-state index is 0.125. The number of hydrogen-bond acceptors (Lipinski definition) is 3. The number of rotatable bonds is 10. The third-order valence-electron chi connectivity index (χ3n) is 3.63. The van der Waals surface area contributed by atoms with Gasteiger partial charge in [-0.05, 0) is 36.5 Å². The average molecular weight is 404 g/mol. The molecule has 0 saturated carbocycles. The molecule has 1 rings (SSSR count). The van der Waals surface area contributed by atoms with Crippen LogP contribution in [0.5, 0.6) is 0 Å². The Morgan fingerprint density at radius 1 is 1.33 bits per heavy atom. The second-order valence-electron chi connectivity index (χ2n) is 6.55. The van der Waals surface area contributed by atoms with Gasteiger partial charge < -0.3 is 14.8 Å². The highest BCUT2D eigenvalue weighted by Gasteiger charge is 2.19. The molecule has 6 heteroatoms. The number of ether oxygens (including phenoxy) is 2. The molecule has 0 aliphatic heterocycles. The van der Waals surface area contributed by atoms with E-state index in [1.54, 1.807) is 12.1 Å². The van der Waals surface area contributed by atoms with Crippen molar-refractivity contribution in [2.45, 2.75) is 46.6 Å². The van der Waals surface area contributed by atoms with Gasteiger partial charge >= 0.3 is 6.09 Å². The van der Waals surface area contributed by atoms with Crippen LogP contribution in [0, 0.1) is 11.2 Å². The quantitative estimate of drug-likeness (QED) is 0.556. The molecule has 1 aromatic carbocycles. The molecule has 136 valence electrons. The first-order valence-corrected chi connectivity index (χ1v) is 9.05. The Kier molecular flexibility index (Phi) is 9.29. The van der Waals surface area contributed by atoms with Crippen molar-refractivity contribution in [2.75, 3.05) is 19.8 Å². The number of nitrogens with one attached hydrogen (secondary N) is 1. The summed E-state index contributed by atoms with van der Waals surface area (Å²) < 4.78 is 25.1. The van der Waals surface area contributed by atoms with E-state index in [1.165, 1.54) is 6.07 Å². The van der Waals surface area contributed by atoms with Crippen LogP contribution in [0.15, 0.2) is 22.7 Å². The van der Waals surface area contributed by atoms with E-state index in [0.29, 0.717) is 25.3 Å². The summed E-state index contributed by atoms with van der Waals surface area (Å²) >= 11 is 3.32. The van der Waals surface area contributed by atoms with Gasteiger partial charge in [0.25, 0.3) is 0 Å². The zero-order chi connectivity index (χ0) is 18.0. The van der Waals surface area contributed by atoms with Crippen LogP contribution in [-0.4, -0.2) is 25.9 Å². The van der Waals surface area contributed by atoms with Crippen LogP contribution in [-0.2, 0) is 16.1 Å². The highest BCUT2D eigenvalue weighted by molar-refractivity contribution is 9.10. The molecule has 0 aromatic heterocycles. The van der Waals surface area contributed by atoms with Crippen molar-refractivity contribution in [1.29, 1.82) is 0 Å². The van der Waals surface area contributed by atoms with Crippen molar-refractivity contribution in [3.05, 3.63) is 34.1 Å². The van der Waals surface area contributed by atoms with E-state index in [1.807, 2.05) is 20.8 Å². The second kappa shape index (κ2) is 10.7. The van der Waals surface area contributed by atoms with Crippen molar-refractivity contribution in [3.63, 3.8) is 0 Å². The van der Waals surface area contributed by atoms with E-state index < -0.39 is 0 Å². The number of unbranched alkanes of at least 4 members (excludes halogenated alkanes) is 1. The van der Waals surface area contributed by atoms with Gasteiger partial charge in [0, 0.05) is 23.2 Å². The zero-order valence-electron chi connectivity index (χ0n) is 14.7. The molecule has 0 atom stereocenters. The molecule has 24 heavy (non-hydrogen) atoms. The molecule has 0 radical (unpaired) electrons. The van der Waals surface area contributed by atoms with Crippen molar-refractivity contribution in [3.8, 4) is 0 Å². The van der Waals surface area contributed by atoms with Gasteiger partial charge in [-0.2, -0.15) is 0 Å². The molecule has 1 amide bonds. The Morgan fingerprint density at radius 3 is 2.79 bits per heavy atom. The summed E-state index contributed by atoms with van der Waals surface area (Å²) in [6.45, 7) is 7.81. The second-order valence-corrected chi connectivity index (χ2v) is 7.46.